The molecule has 0 aliphatic rings. The first-order valence-corrected chi connectivity index (χ1v) is 5.70. The van der Waals surface area contributed by atoms with E-state index in [0.717, 1.165) is 25.6 Å². The third-order valence-corrected chi connectivity index (χ3v) is 2.34. The highest BCUT2D eigenvalue weighted by molar-refractivity contribution is 5.20. The molecule has 2 N–H and O–H groups in total. The largest absolute Gasteiger partial charge is 0.315 e. The molecular weight excluding hydrogens is 229 g/mol. The van der Waals surface area contributed by atoms with Crippen molar-refractivity contribution in [3.05, 3.63) is 35.1 Å². The molecule has 17 heavy (non-hydrogen) atoms. The smallest absolute Gasteiger partial charge is 0.194 e. The van der Waals surface area contributed by atoms with Gasteiger partial charge in [0.1, 0.15) is 0 Å². The summed E-state index contributed by atoms with van der Waals surface area (Å²) in [5, 5.41) is 6.12. The number of halogens is 3. The summed E-state index contributed by atoms with van der Waals surface area (Å²) >= 11 is 0. The van der Waals surface area contributed by atoms with Crippen molar-refractivity contribution >= 4 is 0 Å². The van der Waals surface area contributed by atoms with Crippen molar-refractivity contribution in [3.63, 3.8) is 0 Å². The summed E-state index contributed by atoms with van der Waals surface area (Å²) in [5.74, 6) is -3.68. The highest BCUT2D eigenvalue weighted by Gasteiger charge is 2.12. The molecule has 0 saturated heterocycles. The minimum absolute atomic E-state index is 0.138. The lowest BCUT2D eigenvalue weighted by molar-refractivity contribution is 0.438. The Balaban J connectivity index is 2.35. The minimum Gasteiger partial charge on any atom is -0.315 e. The predicted octanol–water partition coefficient (Wildman–Crippen LogP) is 2.19. The lowest BCUT2D eigenvalue weighted by atomic mass is 10.2. The van der Waals surface area contributed by atoms with Crippen LogP contribution in [0, 0.1) is 17.5 Å². The Kier molecular flexibility index (Phi) is 6.00. The number of hydrogen-bond acceptors (Lipinski definition) is 2. The highest BCUT2D eigenvalue weighted by Crippen LogP contribution is 2.14. The van der Waals surface area contributed by atoms with E-state index < -0.39 is 17.5 Å². The van der Waals surface area contributed by atoms with Gasteiger partial charge in [-0.05, 0) is 19.0 Å². The van der Waals surface area contributed by atoms with Crippen LogP contribution < -0.4 is 10.6 Å². The standard InChI is InChI=1S/C12H17F3N2/c1-2-5-16-6-7-17-8-9-3-4-10(13)12(15)11(9)14/h3-4,16-17H,2,5-8H2,1H3. The summed E-state index contributed by atoms with van der Waals surface area (Å²) in [6.45, 7) is 4.60. The van der Waals surface area contributed by atoms with Crippen molar-refractivity contribution in [2.24, 2.45) is 0 Å². The van der Waals surface area contributed by atoms with Crippen LogP contribution in [0.1, 0.15) is 18.9 Å². The Labute approximate surface area is 99.2 Å². The van der Waals surface area contributed by atoms with Gasteiger partial charge in [-0.25, -0.2) is 13.2 Å². The maximum atomic E-state index is 13.2. The van der Waals surface area contributed by atoms with Crippen LogP contribution in [0.5, 0.6) is 0 Å². The minimum atomic E-state index is -1.41. The fraction of sp³-hybridized carbons (Fsp3) is 0.500. The molecule has 0 fully saturated rings. The fourth-order valence-electron chi connectivity index (χ4n) is 1.40. The Hall–Kier alpha value is -1.07. The second-order valence-corrected chi connectivity index (χ2v) is 3.76. The molecule has 0 unspecified atom stereocenters. The third-order valence-electron chi connectivity index (χ3n) is 2.34. The van der Waals surface area contributed by atoms with E-state index in [1.807, 2.05) is 0 Å². The van der Waals surface area contributed by atoms with Crippen LogP contribution in [0.2, 0.25) is 0 Å². The Morgan fingerprint density at radius 1 is 0.941 bits per heavy atom. The predicted molar refractivity (Wildman–Crippen MR) is 61.2 cm³/mol. The summed E-state index contributed by atoms with van der Waals surface area (Å²) < 4.78 is 38.7. The Morgan fingerprint density at radius 2 is 1.65 bits per heavy atom. The fourth-order valence-corrected chi connectivity index (χ4v) is 1.40. The topological polar surface area (TPSA) is 24.1 Å². The highest BCUT2D eigenvalue weighted by atomic mass is 19.2. The molecule has 0 amide bonds. The van der Waals surface area contributed by atoms with Crippen LogP contribution in [0.4, 0.5) is 13.2 Å². The van der Waals surface area contributed by atoms with Crippen molar-refractivity contribution in [1.82, 2.24) is 10.6 Å². The van der Waals surface area contributed by atoms with E-state index in [1.54, 1.807) is 0 Å². The monoisotopic (exact) mass is 246 g/mol. The van der Waals surface area contributed by atoms with E-state index in [0.29, 0.717) is 6.54 Å². The first kappa shape index (κ1) is 14.0. The summed E-state index contributed by atoms with van der Waals surface area (Å²) in [6, 6.07) is 2.19. The molecule has 96 valence electrons. The molecule has 0 saturated carbocycles. The molecule has 1 aromatic carbocycles. The zero-order valence-electron chi connectivity index (χ0n) is 9.82. The first-order chi connectivity index (χ1) is 8.16. The van der Waals surface area contributed by atoms with Crippen LogP contribution in [0.25, 0.3) is 0 Å². The second kappa shape index (κ2) is 7.29. The molecule has 0 atom stereocenters. The van der Waals surface area contributed by atoms with Gasteiger partial charge in [0, 0.05) is 25.2 Å². The molecule has 1 aromatic rings. The zero-order chi connectivity index (χ0) is 12.7. The van der Waals surface area contributed by atoms with Gasteiger partial charge in [-0.3, -0.25) is 0 Å². The molecule has 0 aromatic heterocycles. The van der Waals surface area contributed by atoms with Crippen molar-refractivity contribution < 1.29 is 13.2 Å². The van der Waals surface area contributed by atoms with Gasteiger partial charge in [0.05, 0.1) is 0 Å². The third kappa shape index (κ3) is 4.36. The number of hydrogen-bond donors (Lipinski definition) is 2. The SMILES string of the molecule is CCCNCCNCc1ccc(F)c(F)c1F. The number of rotatable bonds is 7. The van der Waals surface area contributed by atoms with E-state index in [-0.39, 0.29) is 12.1 Å². The number of benzene rings is 1. The van der Waals surface area contributed by atoms with Crippen LogP contribution in [0.15, 0.2) is 12.1 Å². The molecule has 0 spiro atoms. The van der Waals surface area contributed by atoms with Gasteiger partial charge in [-0.2, -0.15) is 0 Å². The maximum Gasteiger partial charge on any atom is 0.194 e. The van der Waals surface area contributed by atoms with E-state index in [1.165, 1.54) is 6.07 Å². The molecule has 0 aliphatic heterocycles. The zero-order valence-corrected chi connectivity index (χ0v) is 9.82. The molecule has 0 radical (unpaired) electrons. The summed E-state index contributed by atoms with van der Waals surface area (Å²) in [4.78, 5) is 0. The molecule has 5 heteroatoms. The van der Waals surface area contributed by atoms with Crippen LogP contribution >= 0.6 is 0 Å². The molecule has 0 heterocycles. The lowest BCUT2D eigenvalue weighted by Crippen LogP contribution is -2.27. The van der Waals surface area contributed by atoms with E-state index in [2.05, 4.69) is 17.6 Å². The molecular formula is C12H17F3N2. The van der Waals surface area contributed by atoms with Crippen LogP contribution in [0.3, 0.4) is 0 Å². The van der Waals surface area contributed by atoms with Crippen LogP contribution in [-0.4, -0.2) is 19.6 Å². The summed E-state index contributed by atoms with van der Waals surface area (Å²) in [5.41, 5.74) is 0.138. The van der Waals surface area contributed by atoms with Gasteiger partial charge >= 0.3 is 0 Å². The molecule has 0 aliphatic carbocycles. The molecule has 0 bridgehead atoms. The molecule has 1 rings (SSSR count). The van der Waals surface area contributed by atoms with Crippen LogP contribution in [-0.2, 0) is 6.54 Å². The van der Waals surface area contributed by atoms with Gasteiger partial charge in [0.15, 0.2) is 17.5 Å². The maximum absolute atomic E-state index is 13.2. The van der Waals surface area contributed by atoms with Gasteiger partial charge in [-0.15, -0.1) is 0 Å². The summed E-state index contributed by atoms with van der Waals surface area (Å²) in [7, 11) is 0. The molecule has 2 nitrogen and oxygen atoms in total. The second-order valence-electron chi connectivity index (χ2n) is 3.76. The number of nitrogens with one attached hydrogen (secondary N) is 2. The quantitative estimate of drug-likeness (QED) is 0.569. The van der Waals surface area contributed by atoms with Crippen molar-refractivity contribution in [2.75, 3.05) is 19.6 Å². The average Bonchev–Trinajstić information content (AvgIpc) is 2.33. The van der Waals surface area contributed by atoms with Crippen molar-refractivity contribution in [2.45, 2.75) is 19.9 Å². The Morgan fingerprint density at radius 3 is 2.35 bits per heavy atom. The Bertz CT molecular complexity index is 356. The first-order valence-electron chi connectivity index (χ1n) is 5.70. The van der Waals surface area contributed by atoms with Gasteiger partial charge < -0.3 is 10.6 Å². The van der Waals surface area contributed by atoms with Gasteiger partial charge in [-0.1, -0.05) is 13.0 Å². The van der Waals surface area contributed by atoms with E-state index in [4.69, 9.17) is 0 Å². The average molecular weight is 246 g/mol. The van der Waals surface area contributed by atoms with Gasteiger partial charge in [0.25, 0.3) is 0 Å². The van der Waals surface area contributed by atoms with E-state index >= 15 is 0 Å². The van der Waals surface area contributed by atoms with Crippen molar-refractivity contribution in [1.29, 1.82) is 0 Å². The normalized spacial score (nSPS) is 10.8. The summed E-state index contributed by atoms with van der Waals surface area (Å²) in [6.07, 6.45) is 1.05. The van der Waals surface area contributed by atoms with Gasteiger partial charge in [0.2, 0.25) is 0 Å². The van der Waals surface area contributed by atoms with E-state index in [9.17, 15) is 13.2 Å². The lowest BCUT2D eigenvalue weighted by Gasteiger charge is -2.07. The van der Waals surface area contributed by atoms with Crippen molar-refractivity contribution in [3.8, 4) is 0 Å².